The highest BCUT2D eigenvalue weighted by Gasteiger charge is 2.05. The van der Waals surface area contributed by atoms with Crippen LogP contribution < -0.4 is 0 Å². The Morgan fingerprint density at radius 2 is 1.38 bits per heavy atom. The maximum absolute atomic E-state index is 10.6. The molecule has 3 rings (SSSR count). The van der Waals surface area contributed by atoms with Crippen molar-refractivity contribution in [1.82, 2.24) is 4.57 Å². The lowest BCUT2D eigenvalue weighted by Gasteiger charge is -2.05. The van der Waals surface area contributed by atoms with E-state index in [0.29, 0.717) is 0 Å². The molecule has 4 nitrogen and oxygen atoms in total. The Hall–Kier alpha value is -2.53. The minimum atomic E-state index is -0.389. The highest BCUT2D eigenvalue weighted by molar-refractivity contribution is 7.99. The zero-order valence-electron chi connectivity index (χ0n) is 11.0. The van der Waals surface area contributed by atoms with Crippen LogP contribution in [0.25, 0.3) is 5.69 Å². The Labute approximate surface area is 126 Å². The molecule has 0 saturated heterocycles. The number of benzene rings is 2. The summed E-state index contributed by atoms with van der Waals surface area (Å²) in [5.41, 5.74) is 1.22. The van der Waals surface area contributed by atoms with Crippen molar-refractivity contribution in [1.29, 1.82) is 0 Å². The van der Waals surface area contributed by atoms with Crippen LogP contribution in [0.4, 0.5) is 5.69 Å². The molecule has 0 aliphatic carbocycles. The largest absolute Gasteiger partial charge is 0.324 e. The fourth-order valence-electron chi connectivity index (χ4n) is 1.96. The molecule has 21 heavy (non-hydrogen) atoms. The number of nitrogens with zero attached hydrogens (tertiary/aromatic N) is 2. The third-order valence-corrected chi connectivity index (χ3v) is 4.04. The van der Waals surface area contributed by atoms with Gasteiger partial charge in [0.05, 0.1) is 4.92 Å². The van der Waals surface area contributed by atoms with Crippen LogP contribution in [0.2, 0.25) is 0 Å². The smallest absolute Gasteiger partial charge is 0.269 e. The van der Waals surface area contributed by atoms with Gasteiger partial charge in [0.25, 0.3) is 5.69 Å². The van der Waals surface area contributed by atoms with Crippen molar-refractivity contribution in [2.45, 2.75) is 9.79 Å². The topological polar surface area (TPSA) is 48.1 Å². The van der Waals surface area contributed by atoms with Crippen molar-refractivity contribution >= 4 is 17.4 Å². The van der Waals surface area contributed by atoms with Crippen LogP contribution in [0.15, 0.2) is 82.8 Å². The third kappa shape index (κ3) is 3.14. The van der Waals surface area contributed by atoms with E-state index in [9.17, 15) is 10.1 Å². The normalized spacial score (nSPS) is 10.5. The lowest BCUT2D eigenvalue weighted by atomic mass is 10.3. The number of non-ortho nitro benzene ring substituents is 1. The molecule has 1 heterocycles. The van der Waals surface area contributed by atoms with Gasteiger partial charge in [-0.2, -0.15) is 0 Å². The Morgan fingerprint density at radius 1 is 0.857 bits per heavy atom. The van der Waals surface area contributed by atoms with Crippen molar-refractivity contribution < 1.29 is 4.92 Å². The van der Waals surface area contributed by atoms with E-state index in [2.05, 4.69) is 0 Å². The van der Waals surface area contributed by atoms with Gasteiger partial charge in [0.15, 0.2) is 0 Å². The number of rotatable bonds is 4. The zero-order valence-corrected chi connectivity index (χ0v) is 11.9. The SMILES string of the molecule is O=[N+]([O-])c1ccc(Sc2ccc(-n3cccc3)cc2)cc1. The summed E-state index contributed by atoms with van der Waals surface area (Å²) in [4.78, 5) is 12.3. The maximum Gasteiger partial charge on any atom is 0.269 e. The first-order chi connectivity index (χ1) is 10.2. The van der Waals surface area contributed by atoms with E-state index in [1.165, 1.54) is 12.1 Å². The predicted molar refractivity (Wildman–Crippen MR) is 83.0 cm³/mol. The summed E-state index contributed by atoms with van der Waals surface area (Å²) in [7, 11) is 0. The van der Waals surface area contributed by atoms with Gasteiger partial charge in [-0.15, -0.1) is 0 Å². The molecule has 0 saturated carbocycles. The van der Waals surface area contributed by atoms with E-state index in [4.69, 9.17) is 0 Å². The summed E-state index contributed by atoms with van der Waals surface area (Å²) < 4.78 is 2.04. The highest BCUT2D eigenvalue weighted by atomic mass is 32.2. The van der Waals surface area contributed by atoms with Crippen molar-refractivity contribution in [2.24, 2.45) is 0 Å². The number of aromatic nitrogens is 1. The second kappa shape index (κ2) is 5.85. The molecule has 2 aromatic carbocycles. The molecule has 0 bridgehead atoms. The third-order valence-electron chi connectivity index (χ3n) is 3.02. The van der Waals surface area contributed by atoms with Crippen molar-refractivity contribution in [3.63, 3.8) is 0 Å². The molecule has 0 radical (unpaired) electrons. The number of nitro benzene ring substituents is 1. The van der Waals surface area contributed by atoms with Crippen molar-refractivity contribution in [3.05, 3.63) is 83.2 Å². The first-order valence-corrected chi connectivity index (χ1v) is 7.20. The fraction of sp³-hybridized carbons (Fsp3) is 0. The van der Waals surface area contributed by atoms with Gasteiger partial charge in [-0.3, -0.25) is 10.1 Å². The summed E-state index contributed by atoms with van der Waals surface area (Å²) in [6.45, 7) is 0. The van der Waals surface area contributed by atoms with E-state index in [1.54, 1.807) is 23.9 Å². The van der Waals surface area contributed by atoms with Gasteiger partial charge in [-0.25, -0.2) is 0 Å². The summed E-state index contributed by atoms with van der Waals surface area (Å²) >= 11 is 1.58. The first kappa shape index (κ1) is 13.5. The van der Waals surface area contributed by atoms with Gasteiger partial charge in [-0.1, -0.05) is 11.8 Å². The average molecular weight is 296 g/mol. The number of hydrogen-bond acceptors (Lipinski definition) is 3. The lowest BCUT2D eigenvalue weighted by Crippen LogP contribution is -1.88. The van der Waals surface area contributed by atoms with E-state index in [-0.39, 0.29) is 10.6 Å². The maximum atomic E-state index is 10.6. The van der Waals surface area contributed by atoms with Crippen LogP contribution in [-0.2, 0) is 0 Å². The summed E-state index contributed by atoms with van der Waals surface area (Å²) in [5, 5.41) is 10.6. The van der Waals surface area contributed by atoms with Crippen molar-refractivity contribution in [3.8, 4) is 5.69 Å². The molecule has 1 aromatic heterocycles. The first-order valence-electron chi connectivity index (χ1n) is 6.38. The quantitative estimate of drug-likeness (QED) is 0.524. The fourth-order valence-corrected chi connectivity index (χ4v) is 2.78. The van der Waals surface area contributed by atoms with Crippen LogP contribution >= 0.6 is 11.8 Å². The molecule has 0 aliphatic heterocycles. The Balaban J connectivity index is 1.74. The summed E-state index contributed by atoms with van der Waals surface area (Å²) in [6.07, 6.45) is 4.00. The molecule has 104 valence electrons. The summed E-state index contributed by atoms with van der Waals surface area (Å²) in [5.74, 6) is 0. The molecule has 0 aliphatic rings. The monoisotopic (exact) mass is 296 g/mol. The Bertz CT molecular complexity index is 735. The zero-order chi connectivity index (χ0) is 14.7. The minimum absolute atomic E-state index is 0.113. The number of nitro groups is 1. The second-order valence-corrected chi connectivity index (χ2v) is 5.58. The highest BCUT2D eigenvalue weighted by Crippen LogP contribution is 2.29. The van der Waals surface area contributed by atoms with Gasteiger partial charge in [0.2, 0.25) is 0 Å². The van der Waals surface area contributed by atoms with Crippen LogP contribution in [0.5, 0.6) is 0 Å². The van der Waals surface area contributed by atoms with Gasteiger partial charge >= 0.3 is 0 Å². The number of hydrogen-bond donors (Lipinski definition) is 0. The van der Waals surface area contributed by atoms with Crippen LogP contribution in [-0.4, -0.2) is 9.49 Å². The molecule has 0 unspecified atom stereocenters. The van der Waals surface area contributed by atoms with Crippen LogP contribution in [0.1, 0.15) is 0 Å². The minimum Gasteiger partial charge on any atom is -0.324 e. The Kier molecular flexibility index (Phi) is 3.75. The van der Waals surface area contributed by atoms with E-state index in [0.717, 1.165) is 15.5 Å². The molecule has 3 aromatic rings. The average Bonchev–Trinajstić information content (AvgIpc) is 3.03. The van der Waals surface area contributed by atoms with Gasteiger partial charge in [0.1, 0.15) is 0 Å². The lowest BCUT2D eigenvalue weighted by molar-refractivity contribution is -0.384. The molecule has 0 amide bonds. The molecule has 0 fully saturated rings. The molecule has 0 N–H and O–H groups in total. The van der Waals surface area contributed by atoms with E-state index in [1.807, 2.05) is 53.4 Å². The van der Waals surface area contributed by atoms with Crippen LogP contribution in [0, 0.1) is 10.1 Å². The van der Waals surface area contributed by atoms with E-state index >= 15 is 0 Å². The molecule has 0 spiro atoms. The van der Waals surface area contributed by atoms with Gasteiger partial charge in [-0.05, 0) is 48.5 Å². The second-order valence-electron chi connectivity index (χ2n) is 4.44. The van der Waals surface area contributed by atoms with Gasteiger partial charge < -0.3 is 4.57 Å². The molecule has 5 heteroatoms. The standard InChI is InChI=1S/C16H12N2O2S/c19-18(20)14-5-9-16(10-6-14)21-15-7-3-13(4-8-15)17-11-1-2-12-17/h1-12H. The van der Waals surface area contributed by atoms with E-state index < -0.39 is 0 Å². The molecular formula is C16H12N2O2S. The van der Waals surface area contributed by atoms with Crippen molar-refractivity contribution in [2.75, 3.05) is 0 Å². The van der Waals surface area contributed by atoms with Crippen LogP contribution in [0.3, 0.4) is 0 Å². The molecule has 0 atom stereocenters. The Morgan fingerprint density at radius 3 is 1.90 bits per heavy atom. The summed E-state index contributed by atoms with van der Waals surface area (Å²) in [6, 6.07) is 18.7. The molecular weight excluding hydrogens is 284 g/mol. The predicted octanol–water partition coefficient (Wildman–Crippen LogP) is 4.54. The van der Waals surface area contributed by atoms with Gasteiger partial charge in [0, 0.05) is 40.0 Å².